The maximum atomic E-state index is 5.42. The molecule has 1 saturated heterocycles. The molecule has 1 fully saturated rings. The van der Waals surface area contributed by atoms with Crippen molar-refractivity contribution in [3.63, 3.8) is 0 Å². The number of rotatable bonds is 7. The van der Waals surface area contributed by atoms with Gasteiger partial charge in [-0.2, -0.15) is 0 Å². The molecular weight excluding hydrogens is 344 g/mol. The van der Waals surface area contributed by atoms with Crippen LogP contribution in [0.15, 0.2) is 17.1 Å². The molecule has 1 aromatic rings. The van der Waals surface area contributed by atoms with Crippen molar-refractivity contribution < 1.29 is 14.2 Å². The lowest BCUT2D eigenvalue weighted by Gasteiger charge is -2.22. The molecule has 2 rings (SSSR count). The van der Waals surface area contributed by atoms with Crippen LogP contribution in [-0.2, 0) is 6.54 Å². The Hall–Kier alpha value is -2.15. The van der Waals surface area contributed by atoms with Crippen LogP contribution in [0.4, 0.5) is 0 Å². The molecule has 2 atom stereocenters. The molecule has 7 heteroatoms. The molecule has 0 radical (unpaired) electrons. The largest absolute Gasteiger partial charge is 0.493 e. The lowest BCUT2D eigenvalue weighted by molar-refractivity contribution is 0.265. The zero-order chi connectivity index (χ0) is 20.0. The average Bonchev–Trinajstić information content (AvgIpc) is 3.04. The van der Waals surface area contributed by atoms with Crippen LogP contribution < -0.4 is 24.8 Å². The smallest absolute Gasteiger partial charge is 0.203 e. The second kappa shape index (κ2) is 9.69. The van der Waals surface area contributed by atoms with Gasteiger partial charge in [0.15, 0.2) is 17.5 Å². The average molecular weight is 379 g/mol. The van der Waals surface area contributed by atoms with Crippen molar-refractivity contribution >= 4 is 5.96 Å². The predicted molar refractivity (Wildman–Crippen MR) is 109 cm³/mol. The summed E-state index contributed by atoms with van der Waals surface area (Å²) in [5.74, 6) is 3.26. The molecule has 0 amide bonds. The third-order valence-electron chi connectivity index (χ3n) is 5.10. The molecule has 0 saturated carbocycles. The van der Waals surface area contributed by atoms with E-state index in [9.17, 15) is 0 Å². The molecular formula is C20H34N4O3. The fraction of sp³-hybridized carbons (Fsp3) is 0.650. The number of nitrogens with one attached hydrogen (secondary N) is 2. The summed E-state index contributed by atoms with van der Waals surface area (Å²) < 4.78 is 16.2. The maximum absolute atomic E-state index is 5.42. The van der Waals surface area contributed by atoms with Gasteiger partial charge in [0.1, 0.15) is 0 Å². The fourth-order valence-electron chi connectivity index (χ4n) is 3.41. The van der Waals surface area contributed by atoms with Gasteiger partial charge in [-0.3, -0.25) is 9.89 Å². The number of likely N-dealkylation sites (tertiary alicyclic amines) is 1. The molecule has 0 spiro atoms. The Morgan fingerprint density at radius 3 is 2.22 bits per heavy atom. The van der Waals surface area contributed by atoms with Crippen LogP contribution in [0.2, 0.25) is 0 Å². The summed E-state index contributed by atoms with van der Waals surface area (Å²) in [5.41, 5.74) is 1.02. The van der Waals surface area contributed by atoms with Gasteiger partial charge in [0.25, 0.3) is 0 Å². The molecule has 1 aliphatic heterocycles. The lowest BCUT2D eigenvalue weighted by Crippen LogP contribution is -2.46. The van der Waals surface area contributed by atoms with Gasteiger partial charge in [-0.05, 0) is 37.5 Å². The molecule has 152 valence electrons. The van der Waals surface area contributed by atoms with E-state index in [0.717, 1.165) is 24.6 Å². The second-order valence-corrected chi connectivity index (χ2v) is 7.24. The van der Waals surface area contributed by atoms with Gasteiger partial charge >= 0.3 is 0 Å². The number of guanidine groups is 1. The van der Waals surface area contributed by atoms with Crippen LogP contribution in [0.1, 0.15) is 26.3 Å². The number of hydrogen-bond donors (Lipinski definition) is 2. The van der Waals surface area contributed by atoms with Crippen molar-refractivity contribution in [2.24, 2.45) is 10.9 Å². The maximum Gasteiger partial charge on any atom is 0.203 e. The van der Waals surface area contributed by atoms with Crippen molar-refractivity contribution in [1.82, 2.24) is 15.5 Å². The van der Waals surface area contributed by atoms with Crippen molar-refractivity contribution in [1.29, 1.82) is 0 Å². The van der Waals surface area contributed by atoms with E-state index in [0.29, 0.717) is 41.8 Å². The van der Waals surface area contributed by atoms with Gasteiger partial charge < -0.3 is 24.8 Å². The molecule has 7 nitrogen and oxygen atoms in total. The molecule has 27 heavy (non-hydrogen) atoms. The van der Waals surface area contributed by atoms with Crippen LogP contribution in [0, 0.1) is 5.92 Å². The van der Waals surface area contributed by atoms with E-state index in [1.54, 1.807) is 28.4 Å². The van der Waals surface area contributed by atoms with Gasteiger partial charge in [0.2, 0.25) is 5.75 Å². The number of ether oxygens (including phenoxy) is 3. The molecule has 1 aromatic carbocycles. The van der Waals surface area contributed by atoms with E-state index in [4.69, 9.17) is 14.2 Å². The van der Waals surface area contributed by atoms with Gasteiger partial charge in [-0.1, -0.05) is 6.92 Å². The minimum absolute atomic E-state index is 0.388. The number of hydrogen-bond acceptors (Lipinski definition) is 5. The Morgan fingerprint density at radius 1 is 1.15 bits per heavy atom. The van der Waals surface area contributed by atoms with Gasteiger partial charge in [-0.25, -0.2) is 0 Å². The van der Waals surface area contributed by atoms with Crippen molar-refractivity contribution in [3.8, 4) is 17.2 Å². The summed E-state index contributed by atoms with van der Waals surface area (Å²) in [4.78, 5) is 6.87. The van der Waals surface area contributed by atoms with E-state index >= 15 is 0 Å². The normalized spacial score (nSPS) is 20.7. The molecule has 0 aliphatic carbocycles. The first kappa shape index (κ1) is 21.2. The van der Waals surface area contributed by atoms with Crippen molar-refractivity contribution in [3.05, 3.63) is 17.7 Å². The summed E-state index contributed by atoms with van der Waals surface area (Å²) in [7, 11) is 6.64. The van der Waals surface area contributed by atoms with E-state index < -0.39 is 0 Å². The molecule has 2 unspecified atom stereocenters. The lowest BCUT2D eigenvalue weighted by atomic mass is 10.1. The highest BCUT2D eigenvalue weighted by Gasteiger charge is 2.31. The monoisotopic (exact) mass is 378 g/mol. The van der Waals surface area contributed by atoms with Crippen LogP contribution in [0.25, 0.3) is 0 Å². The quantitative estimate of drug-likeness (QED) is 0.560. The number of nitrogens with zero attached hydrogens (tertiary/aromatic N) is 2. The Balaban J connectivity index is 2.02. The topological polar surface area (TPSA) is 67.4 Å². The summed E-state index contributed by atoms with van der Waals surface area (Å²) in [5, 5.41) is 6.95. The molecule has 0 aromatic heterocycles. The zero-order valence-corrected chi connectivity index (χ0v) is 17.6. The molecule has 2 N–H and O–H groups in total. The first-order valence-corrected chi connectivity index (χ1v) is 9.43. The Bertz CT molecular complexity index is 623. The van der Waals surface area contributed by atoms with E-state index in [2.05, 4.69) is 41.3 Å². The van der Waals surface area contributed by atoms with Crippen molar-refractivity contribution in [2.45, 2.75) is 39.4 Å². The summed E-state index contributed by atoms with van der Waals surface area (Å²) in [6.07, 6.45) is 0. The first-order valence-electron chi connectivity index (χ1n) is 9.43. The van der Waals surface area contributed by atoms with Crippen molar-refractivity contribution in [2.75, 3.05) is 41.5 Å². The fourth-order valence-corrected chi connectivity index (χ4v) is 3.41. The number of benzene rings is 1. The van der Waals surface area contributed by atoms with Crippen LogP contribution in [0.5, 0.6) is 17.2 Å². The van der Waals surface area contributed by atoms with Crippen LogP contribution >= 0.6 is 0 Å². The van der Waals surface area contributed by atoms with E-state index in [-0.39, 0.29) is 0 Å². The first-order chi connectivity index (χ1) is 12.9. The number of methoxy groups -OCH3 is 3. The third kappa shape index (κ3) is 5.19. The van der Waals surface area contributed by atoms with Gasteiger partial charge in [0.05, 0.1) is 21.3 Å². The standard InChI is InChI=1S/C20H34N4O3/c1-13(2)24-11-14(3)16(12-24)23-20(21-4)22-10-15-8-17(25-5)19(27-7)18(9-15)26-6/h8-9,13-14,16H,10-12H2,1-7H3,(H2,21,22,23). The Kier molecular flexibility index (Phi) is 7.59. The summed E-state index contributed by atoms with van der Waals surface area (Å²) in [6, 6.07) is 4.84. The Morgan fingerprint density at radius 2 is 1.78 bits per heavy atom. The molecule has 1 heterocycles. The molecule has 1 aliphatic rings. The highest BCUT2D eigenvalue weighted by molar-refractivity contribution is 5.80. The minimum Gasteiger partial charge on any atom is -0.493 e. The van der Waals surface area contributed by atoms with E-state index in [1.807, 2.05) is 12.1 Å². The number of aliphatic imine (C=N–C) groups is 1. The highest BCUT2D eigenvalue weighted by Crippen LogP contribution is 2.38. The summed E-state index contributed by atoms with van der Waals surface area (Å²) >= 11 is 0. The highest BCUT2D eigenvalue weighted by atomic mass is 16.5. The Labute approximate surface area is 163 Å². The van der Waals surface area contributed by atoms with E-state index in [1.165, 1.54) is 0 Å². The summed E-state index contributed by atoms with van der Waals surface area (Å²) in [6.45, 7) is 9.51. The minimum atomic E-state index is 0.388. The zero-order valence-electron chi connectivity index (χ0n) is 17.6. The predicted octanol–water partition coefficient (Wildman–Crippen LogP) is 2.11. The van der Waals surface area contributed by atoms with Crippen LogP contribution in [0.3, 0.4) is 0 Å². The van der Waals surface area contributed by atoms with Crippen LogP contribution in [-0.4, -0.2) is 64.4 Å². The van der Waals surface area contributed by atoms with Gasteiger partial charge in [0, 0.05) is 38.8 Å². The second-order valence-electron chi connectivity index (χ2n) is 7.24. The molecule has 0 bridgehead atoms. The SMILES string of the molecule is CN=C(NCc1cc(OC)c(OC)c(OC)c1)NC1CN(C(C)C)CC1C. The third-order valence-corrected chi connectivity index (χ3v) is 5.10. The van der Waals surface area contributed by atoms with Gasteiger partial charge in [-0.15, -0.1) is 0 Å².